The summed E-state index contributed by atoms with van der Waals surface area (Å²) in [6, 6.07) is 5.72. The van der Waals surface area contributed by atoms with E-state index in [0.29, 0.717) is 0 Å². The lowest BCUT2D eigenvalue weighted by molar-refractivity contribution is 0.372. The van der Waals surface area contributed by atoms with Crippen molar-refractivity contribution in [3.63, 3.8) is 0 Å². The van der Waals surface area contributed by atoms with Gasteiger partial charge in [0, 0.05) is 25.5 Å². The predicted molar refractivity (Wildman–Crippen MR) is 88.2 cm³/mol. The highest BCUT2D eigenvalue weighted by Gasteiger charge is 2.16. The minimum atomic E-state index is 1.02. The van der Waals surface area contributed by atoms with E-state index in [9.17, 15) is 0 Å². The first-order valence-electron chi connectivity index (χ1n) is 7.35. The number of likely N-dealkylation sites (N-methyl/N-ethyl adjacent to an activating group) is 1. The third-order valence-corrected chi connectivity index (χ3v) is 3.82. The SMILES string of the molecule is CCCc1nsnc1C1=CCCN(C)C1.c1ccncc1. The van der Waals surface area contributed by atoms with Gasteiger partial charge in [0.25, 0.3) is 0 Å². The molecule has 0 saturated carbocycles. The summed E-state index contributed by atoms with van der Waals surface area (Å²) in [6.07, 6.45) is 9.14. The van der Waals surface area contributed by atoms with Gasteiger partial charge in [0.05, 0.1) is 17.4 Å². The van der Waals surface area contributed by atoms with Crippen LogP contribution < -0.4 is 0 Å². The van der Waals surface area contributed by atoms with Crippen molar-refractivity contribution in [2.24, 2.45) is 0 Å². The average molecular weight is 302 g/mol. The van der Waals surface area contributed by atoms with E-state index in [2.05, 4.69) is 38.7 Å². The Morgan fingerprint density at radius 3 is 2.57 bits per heavy atom. The molecule has 5 heteroatoms. The Morgan fingerprint density at radius 2 is 2.00 bits per heavy atom. The molecular formula is C16H22N4S. The van der Waals surface area contributed by atoms with Crippen molar-refractivity contribution in [2.45, 2.75) is 26.2 Å². The van der Waals surface area contributed by atoms with Crippen LogP contribution >= 0.6 is 11.7 Å². The normalized spacial score (nSPS) is 15.0. The fraction of sp³-hybridized carbons (Fsp3) is 0.438. The highest BCUT2D eigenvalue weighted by molar-refractivity contribution is 6.99. The minimum Gasteiger partial charge on any atom is -0.302 e. The summed E-state index contributed by atoms with van der Waals surface area (Å²) in [5.74, 6) is 0. The fourth-order valence-corrected chi connectivity index (χ4v) is 2.85. The van der Waals surface area contributed by atoms with Gasteiger partial charge < -0.3 is 4.90 Å². The van der Waals surface area contributed by atoms with Gasteiger partial charge >= 0.3 is 0 Å². The third kappa shape index (κ3) is 5.02. The number of aryl methyl sites for hydroxylation is 1. The zero-order valence-electron chi connectivity index (χ0n) is 12.7. The van der Waals surface area contributed by atoms with Crippen molar-refractivity contribution < 1.29 is 0 Å². The van der Waals surface area contributed by atoms with Crippen molar-refractivity contribution in [1.82, 2.24) is 18.6 Å². The van der Waals surface area contributed by atoms with Crippen LogP contribution in [0.1, 0.15) is 31.2 Å². The Hall–Kier alpha value is -1.59. The molecule has 0 fully saturated rings. The third-order valence-electron chi connectivity index (χ3n) is 3.26. The van der Waals surface area contributed by atoms with E-state index in [0.717, 1.165) is 38.0 Å². The van der Waals surface area contributed by atoms with Gasteiger partial charge in [-0.05, 0) is 37.6 Å². The van der Waals surface area contributed by atoms with E-state index in [1.165, 1.54) is 23.0 Å². The second kappa shape index (κ2) is 8.64. The van der Waals surface area contributed by atoms with Gasteiger partial charge in [-0.25, -0.2) is 0 Å². The molecule has 21 heavy (non-hydrogen) atoms. The summed E-state index contributed by atoms with van der Waals surface area (Å²) < 4.78 is 8.81. The maximum absolute atomic E-state index is 4.43. The Labute approximate surface area is 130 Å². The predicted octanol–water partition coefficient (Wildman–Crippen LogP) is 3.29. The highest BCUT2D eigenvalue weighted by Crippen LogP contribution is 2.22. The quantitative estimate of drug-likeness (QED) is 0.872. The molecular weight excluding hydrogens is 280 g/mol. The van der Waals surface area contributed by atoms with E-state index in [1.54, 1.807) is 12.4 Å². The Bertz CT molecular complexity index is 524. The van der Waals surface area contributed by atoms with Crippen LogP contribution in [0.2, 0.25) is 0 Å². The van der Waals surface area contributed by atoms with Crippen molar-refractivity contribution in [1.29, 1.82) is 0 Å². The first kappa shape index (κ1) is 15.8. The molecule has 0 amide bonds. The number of pyridine rings is 1. The van der Waals surface area contributed by atoms with Gasteiger partial charge in [-0.15, -0.1) is 0 Å². The summed E-state index contributed by atoms with van der Waals surface area (Å²) in [5.41, 5.74) is 3.69. The lowest BCUT2D eigenvalue weighted by Gasteiger charge is -2.22. The minimum absolute atomic E-state index is 1.02. The van der Waals surface area contributed by atoms with Gasteiger partial charge in [-0.2, -0.15) is 8.75 Å². The summed E-state index contributed by atoms with van der Waals surface area (Å²) in [4.78, 5) is 6.12. The van der Waals surface area contributed by atoms with Gasteiger partial charge in [-0.1, -0.05) is 25.5 Å². The fourth-order valence-electron chi connectivity index (χ4n) is 2.23. The summed E-state index contributed by atoms with van der Waals surface area (Å²) >= 11 is 1.34. The molecule has 0 atom stereocenters. The lowest BCUT2D eigenvalue weighted by Crippen LogP contribution is -2.25. The molecule has 0 N–H and O–H groups in total. The molecule has 1 aliphatic rings. The molecule has 0 aliphatic carbocycles. The molecule has 3 heterocycles. The number of rotatable bonds is 3. The average Bonchev–Trinajstić information content (AvgIpc) is 2.98. The van der Waals surface area contributed by atoms with Crippen LogP contribution in [0.3, 0.4) is 0 Å². The van der Waals surface area contributed by atoms with E-state index in [1.807, 2.05) is 18.2 Å². The van der Waals surface area contributed by atoms with Gasteiger partial charge in [-0.3, -0.25) is 4.98 Å². The van der Waals surface area contributed by atoms with Crippen LogP contribution in [-0.4, -0.2) is 38.8 Å². The van der Waals surface area contributed by atoms with Gasteiger partial charge in [0.2, 0.25) is 0 Å². The number of hydrogen-bond acceptors (Lipinski definition) is 5. The largest absolute Gasteiger partial charge is 0.302 e. The summed E-state index contributed by atoms with van der Waals surface area (Å²) in [5, 5.41) is 0. The molecule has 3 rings (SSSR count). The standard InChI is InChI=1S/C11H17N3S.C5H5N/c1-3-5-10-11(13-15-12-10)9-6-4-7-14(2)8-9;1-2-4-6-5-3-1/h6H,3-5,7-8H2,1-2H3;1-5H. The monoisotopic (exact) mass is 302 g/mol. The Kier molecular flexibility index (Phi) is 6.50. The number of aromatic nitrogens is 3. The van der Waals surface area contributed by atoms with Crippen LogP contribution in [0.5, 0.6) is 0 Å². The molecule has 0 bridgehead atoms. The van der Waals surface area contributed by atoms with E-state index < -0.39 is 0 Å². The number of nitrogens with zero attached hydrogens (tertiary/aromatic N) is 4. The smallest absolute Gasteiger partial charge is 0.104 e. The second-order valence-corrected chi connectivity index (χ2v) is 5.62. The Morgan fingerprint density at radius 1 is 1.19 bits per heavy atom. The molecule has 0 unspecified atom stereocenters. The summed E-state index contributed by atoms with van der Waals surface area (Å²) in [7, 11) is 2.16. The molecule has 0 radical (unpaired) electrons. The lowest BCUT2D eigenvalue weighted by atomic mass is 10.0. The number of hydrogen-bond donors (Lipinski definition) is 0. The summed E-state index contributed by atoms with van der Waals surface area (Å²) in [6.45, 7) is 4.36. The first-order chi connectivity index (χ1) is 10.3. The van der Waals surface area contributed by atoms with Gasteiger partial charge in [0.15, 0.2) is 0 Å². The van der Waals surface area contributed by atoms with E-state index >= 15 is 0 Å². The molecule has 0 saturated heterocycles. The molecule has 4 nitrogen and oxygen atoms in total. The maximum atomic E-state index is 4.43. The van der Waals surface area contributed by atoms with Crippen molar-refractivity contribution >= 4 is 17.3 Å². The maximum Gasteiger partial charge on any atom is 0.104 e. The topological polar surface area (TPSA) is 41.9 Å². The van der Waals surface area contributed by atoms with Crippen molar-refractivity contribution in [3.05, 3.63) is 48.1 Å². The zero-order valence-corrected chi connectivity index (χ0v) is 13.5. The molecule has 112 valence electrons. The molecule has 1 aliphatic heterocycles. The van der Waals surface area contributed by atoms with Crippen molar-refractivity contribution in [3.8, 4) is 0 Å². The first-order valence-corrected chi connectivity index (χ1v) is 8.08. The second-order valence-electron chi connectivity index (χ2n) is 5.09. The van der Waals surface area contributed by atoms with E-state index in [4.69, 9.17) is 0 Å². The van der Waals surface area contributed by atoms with Crippen LogP contribution in [0.4, 0.5) is 0 Å². The highest BCUT2D eigenvalue weighted by atomic mass is 32.1. The molecule has 2 aromatic heterocycles. The van der Waals surface area contributed by atoms with Crippen LogP contribution in [-0.2, 0) is 6.42 Å². The molecule has 2 aromatic rings. The molecule has 0 aromatic carbocycles. The van der Waals surface area contributed by atoms with Gasteiger partial charge in [0.1, 0.15) is 5.69 Å². The van der Waals surface area contributed by atoms with E-state index in [-0.39, 0.29) is 0 Å². The van der Waals surface area contributed by atoms with Crippen LogP contribution in [0.25, 0.3) is 5.57 Å². The van der Waals surface area contributed by atoms with Crippen LogP contribution in [0.15, 0.2) is 36.7 Å². The zero-order chi connectivity index (χ0) is 14.9. The Balaban J connectivity index is 0.000000225. The van der Waals surface area contributed by atoms with Crippen molar-refractivity contribution in [2.75, 3.05) is 20.1 Å². The van der Waals surface area contributed by atoms with Crippen LogP contribution in [0, 0.1) is 0 Å². The molecule has 0 spiro atoms.